The van der Waals surface area contributed by atoms with Gasteiger partial charge in [0, 0.05) is 41.0 Å². The van der Waals surface area contributed by atoms with Crippen molar-refractivity contribution in [2.75, 3.05) is 19.7 Å². The van der Waals surface area contributed by atoms with Crippen LogP contribution in [0.3, 0.4) is 0 Å². The molecule has 1 atom stereocenters. The average molecular weight is 292 g/mol. The fourth-order valence-electron chi connectivity index (χ4n) is 2.77. The van der Waals surface area contributed by atoms with Crippen LogP contribution in [0.2, 0.25) is 5.02 Å². The van der Waals surface area contributed by atoms with E-state index in [0.717, 1.165) is 36.0 Å². The molecule has 0 bridgehead atoms. The van der Waals surface area contributed by atoms with E-state index in [4.69, 9.17) is 16.3 Å². The van der Waals surface area contributed by atoms with Crippen molar-refractivity contribution in [2.45, 2.75) is 19.6 Å². The van der Waals surface area contributed by atoms with E-state index in [-0.39, 0.29) is 6.10 Å². The molecule has 0 unspecified atom stereocenters. The minimum atomic E-state index is 0.238. The molecule has 3 nitrogen and oxygen atoms in total. The van der Waals surface area contributed by atoms with Gasteiger partial charge in [-0.3, -0.25) is 4.90 Å². The third kappa shape index (κ3) is 2.62. The van der Waals surface area contributed by atoms with Gasteiger partial charge >= 0.3 is 0 Å². The summed E-state index contributed by atoms with van der Waals surface area (Å²) in [6, 6.07) is 9.55. The van der Waals surface area contributed by atoms with Crippen molar-refractivity contribution >= 4 is 22.4 Å². The van der Waals surface area contributed by atoms with Gasteiger partial charge in [-0.1, -0.05) is 35.9 Å². The topological polar surface area (TPSA) is 32.7 Å². The van der Waals surface area contributed by atoms with Crippen LogP contribution in [0.4, 0.5) is 0 Å². The molecule has 1 aliphatic heterocycles. The molecule has 1 saturated heterocycles. The van der Waals surface area contributed by atoms with Crippen LogP contribution < -0.4 is 0 Å². The molecular formula is C16H18ClNO2. The van der Waals surface area contributed by atoms with Gasteiger partial charge < -0.3 is 9.84 Å². The van der Waals surface area contributed by atoms with Crippen molar-refractivity contribution in [3.63, 3.8) is 0 Å². The average Bonchev–Trinajstić information content (AvgIpc) is 2.45. The first-order valence-corrected chi connectivity index (χ1v) is 7.26. The third-order valence-electron chi connectivity index (χ3n) is 3.76. The molecule has 1 fully saturated rings. The molecule has 0 aromatic heterocycles. The van der Waals surface area contributed by atoms with Crippen LogP contribution in [0.25, 0.3) is 10.8 Å². The Balaban J connectivity index is 1.93. The summed E-state index contributed by atoms with van der Waals surface area (Å²) in [4.78, 5) is 2.29. The molecule has 1 aliphatic rings. The maximum atomic E-state index is 10.5. The van der Waals surface area contributed by atoms with Gasteiger partial charge in [0.2, 0.25) is 0 Å². The van der Waals surface area contributed by atoms with Crippen molar-refractivity contribution in [3.8, 4) is 5.75 Å². The monoisotopic (exact) mass is 291 g/mol. The van der Waals surface area contributed by atoms with E-state index in [9.17, 15) is 5.11 Å². The Bertz CT molecular complexity index is 629. The number of phenolic OH excluding ortho intramolecular Hbond substituents is 1. The highest BCUT2D eigenvalue weighted by molar-refractivity contribution is 6.35. The van der Waals surface area contributed by atoms with Gasteiger partial charge in [-0.2, -0.15) is 0 Å². The van der Waals surface area contributed by atoms with Gasteiger partial charge in [0.05, 0.1) is 12.7 Å². The number of nitrogens with zero attached hydrogens (tertiary/aromatic N) is 1. The first-order chi connectivity index (χ1) is 9.65. The fraction of sp³-hybridized carbons (Fsp3) is 0.375. The summed E-state index contributed by atoms with van der Waals surface area (Å²) in [5.74, 6) is 0.337. The molecular weight excluding hydrogens is 274 g/mol. The quantitative estimate of drug-likeness (QED) is 0.920. The number of fused-ring (bicyclic) bond motifs is 1. The highest BCUT2D eigenvalue weighted by Crippen LogP contribution is 2.35. The van der Waals surface area contributed by atoms with Gasteiger partial charge in [-0.15, -0.1) is 0 Å². The second kappa shape index (κ2) is 5.60. The summed E-state index contributed by atoms with van der Waals surface area (Å²) in [5.41, 5.74) is 0.878. The summed E-state index contributed by atoms with van der Waals surface area (Å²) in [7, 11) is 0. The molecule has 1 N–H and O–H groups in total. The van der Waals surface area contributed by atoms with Crippen LogP contribution >= 0.6 is 11.6 Å². The van der Waals surface area contributed by atoms with E-state index >= 15 is 0 Å². The lowest BCUT2D eigenvalue weighted by Crippen LogP contribution is -2.40. The molecule has 3 rings (SSSR count). The second-order valence-electron chi connectivity index (χ2n) is 5.33. The molecule has 0 saturated carbocycles. The minimum Gasteiger partial charge on any atom is -0.507 e. The predicted octanol–water partition coefficient (Wildman–Crippen LogP) is 3.42. The predicted molar refractivity (Wildman–Crippen MR) is 81.3 cm³/mol. The van der Waals surface area contributed by atoms with Crippen LogP contribution in [0.1, 0.15) is 12.5 Å². The number of hydrogen-bond donors (Lipinski definition) is 1. The van der Waals surface area contributed by atoms with E-state index in [2.05, 4.69) is 11.8 Å². The van der Waals surface area contributed by atoms with Gasteiger partial charge in [0.15, 0.2) is 0 Å². The number of ether oxygens (including phenoxy) is 1. The number of phenols is 1. The lowest BCUT2D eigenvalue weighted by molar-refractivity contribution is -0.0213. The van der Waals surface area contributed by atoms with Crippen LogP contribution in [0, 0.1) is 0 Å². The van der Waals surface area contributed by atoms with E-state index < -0.39 is 0 Å². The highest BCUT2D eigenvalue weighted by atomic mass is 35.5. The number of hydrogen-bond acceptors (Lipinski definition) is 3. The third-order valence-corrected chi connectivity index (χ3v) is 4.08. The number of aromatic hydroxyl groups is 1. The molecule has 106 valence electrons. The smallest absolute Gasteiger partial charge is 0.127 e. The molecule has 0 spiro atoms. The summed E-state index contributed by atoms with van der Waals surface area (Å²) in [6.07, 6.45) is 0.238. The first kappa shape index (κ1) is 13.7. The maximum Gasteiger partial charge on any atom is 0.127 e. The van der Waals surface area contributed by atoms with Crippen molar-refractivity contribution in [1.82, 2.24) is 4.90 Å². The summed E-state index contributed by atoms with van der Waals surface area (Å²) < 4.78 is 5.54. The van der Waals surface area contributed by atoms with Gasteiger partial charge in [-0.05, 0) is 13.0 Å². The Morgan fingerprint density at radius 3 is 2.85 bits per heavy atom. The number of halogens is 1. The standard InChI is InChI=1S/C16H18ClNO2/c1-11-9-18(6-7-20-11)10-12-8-15(17)13-4-2-3-5-14(13)16(12)19/h2-5,8,11,19H,6-7,9-10H2,1H3/t11-/m1/s1. The lowest BCUT2D eigenvalue weighted by atomic mass is 10.0. The van der Waals surface area contributed by atoms with Crippen LogP contribution in [0.15, 0.2) is 30.3 Å². The van der Waals surface area contributed by atoms with Gasteiger partial charge in [0.25, 0.3) is 0 Å². The molecule has 0 radical (unpaired) electrons. The Hall–Kier alpha value is -1.29. The Kier molecular flexibility index (Phi) is 3.83. The van der Waals surface area contributed by atoms with Gasteiger partial charge in [-0.25, -0.2) is 0 Å². The van der Waals surface area contributed by atoms with E-state index in [0.29, 0.717) is 17.3 Å². The zero-order valence-electron chi connectivity index (χ0n) is 11.5. The lowest BCUT2D eigenvalue weighted by Gasteiger charge is -2.31. The summed E-state index contributed by atoms with van der Waals surface area (Å²) in [5, 5.41) is 12.9. The Morgan fingerprint density at radius 2 is 2.10 bits per heavy atom. The molecule has 20 heavy (non-hydrogen) atoms. The normalized spacial score (nSPS) is 20.4. The largest absolute Gasteiger partial charge is 0.507 e. The Morgan fingerprint density at radius 1 is 1.35 bits per heavy atom. The van der Waals surface area contributed by atoms with Crippen LogP contribution in [-0.4, -0.2) is 35.8 Å². The SMILES string of the molecule is C[C@@H]1CN(Cc2cc(Cl)c3ccccc3c2O)CCO1. The maximum absolute atomic E-state index is 10.5. The molecule has 1 heterocycles. The number of rotatable bonds is 2. The zero-order chi connectivity index (χ0) is 14.1. The van der Waals surface area contributed by atoms with Crippen LogP contribution in [-0.2, 0) is 11.3 Å². The fourth-order valence-corrected chi connectivity index (χ4v) is 3.06. The Labute approximate surface area is 123 Å². The van der Waals surface area contributed by atoms with Crippen molar-refractivity contribution < 1.29 is 9.84 Å². The molecule has 0 amide bonds. The summed E-state index contributed by atoms with van der Waals surface area (Å²) >= 11 is 6.33. The first-order valence-electron chi connectivity index (χ1n) is 6.88. The van der Waals surface area contributed by atoms with E-state index in [1.807, 2.05) is 30.3 Å². The second-order valence-corrected chi connectivity index (χ2v) is 5.74. The molecule has 2 aromatic carbocycles. The molecule has 0 aliphatic carbocycles. The zero-order valence-corrected chi connectivity index (χ0v) is 12.2. The van der Waals surface area contributed by atoms with Crippen molar-refractivity contribution in [2.24, 2.45) is 0 Å². The van der Waals surface area contributed by atoms with E-state index in [1.165, 1.54) is 0 Å². The summed E-state index contributed by atoms with van der Waals surface area (Å²) in [6.45, 7) is 5.27. The van der Waals surface area contributed by atoms with Gasteiger partial charge in [0.1, 0.15) is 5.75 Å². The highest BCUT2D eigenvalue weighted by Gasteiger charge is 2.19. The minimum absolute atomic E-state index is 0.238. The van der Waals surface area contributed by atoms with Crippen LogP contribution in [0.5, 0.6) is 5.75 Å². The van der Waals surface area contributed by atoms with Crippen molar-refractivity contribution in [3.05, 3.63) is 40.9 Å². The molecule has 2 aromatic rings. The van der Waals surface area contributed by atoms with E-state index in [1.54, 1.807) is 0 Å². The number of morpholine rings is 1. The van der Waals surface area contributed by atoms with Crippen molar-refractivity contribution in [1.29, 1.82) is 0 Å². The number of benzene rings is 2. The molecule has 4 heteroatoms.